The number of carbonyl (C=O) groups is 2. The van der Waals surface area contributed by atoms with Gasteiger partial charge in [0, 0.05) is 5.41 Å². The monoisotopic (exact) mass is 381 g/mol. The van der Waals surface area contributed by atoms with Gasteiger partial charge in [-0.05, 0) is 18.4 Å². The molecule has 2 unspecified atom stereocenters. The highest BCUT2D eigenvalue weighted by molar-refractivity contribution is 8.14. The highest BCUT2D eigenvalue weighted by atomic mass is 32.2. The van der Waals surface area contributed by atoms with Crippen LogP contribution in [0.5, 0.6) is 0 Å². The largest absolute Gasteiger partial charge is 0.460 e. The molecule has 1 fully saturated rings. The molecule has 0 radical (unpaired) electrons. The van der Waals surface area contributed by atoms with Gasteiger partial charge in [-0.25, -0.2) is 4.99 Å². The molecule has 1 spiro atoms. The minimum Gasteiger partial charge on any atom is -0.460 e. The van der Waals surface area contributed by atoms with Crippen molar-refractivity contribution < 1.29 is 14.3 Å². The SMILES string of the molecule is N#CC1C(=O)N=C(SCC(=O)OCc2ccccc2)C(C#N)C12CCCC2. The quantitative estimate of drug-likeness (QED) is 0.742. The first-order valence-electron chi connectivity index (χ1n) is 8.85. The van der Waals surface area contributed by atoms with Crippen LogP contribution in [-0.4, -0.2) is 22.7 Å². The van der Waals surface area contributed by atoms with Crippen molar-refractivity contribution in [3.8, 4) is 12.1 Å². The van der Waals surface area contributed by atoms with Gasteiger partial charge in [-0.15, -0.1) is 0 Å². The third kappa shape index (κ3) is 3.89. The Labute approximate surface area is 162 Å². The maximum absolute atomic E-state index is 12.4. The zero-order chi connectivity index (χ0) is 19.3. The fourth-order valence-electron chi connectivity index (χ4n) is 3.90. The van der Waals surface area contributed by atoms with Crippen molar-refractivity contribution >= 4 is 28.7 Å². The molecule has 1 aliphatic carbocycles. The topological polar surface area (TPSA) is 103 Å². The zero-order valence-corrected chi connectivity index (χ0v) is 15.6. The maximum atomic E-state index is 12.4. The molecule has 3 rings (SSSR count). The molecule has 0 bridgehead atoms. The summed E-state index contributed by atoms with van der Waals surface area (Å²) in [5.74, 6) is -2.46. The van der Waals surface area contributed by atoms with Crippen LogP contribution in [0.15, 0.2) is 35.3 Å². The van der Waals surface area contributed by atoms with Gasteiger partial charge in [-0.3, -0.25) is 9.59 Å². The van der Waals surface area contributed by atoms with Gasteiger partial charge < -0.3 is 4.74 Å². The summed E-state index contributed by atoms with van der Waals surface area (Å²) in [5, 5.41) is 19.5. The summed E-state index contributed by atoms with van der Waals surface area (Å²) < 4.78 is 5.24. The third-order valence-corrected chi connectivity index (χ3v) is 6.24. The van der Waals surface area contributed by atoms with Gasteiger partial charge in [0.2, 0.25) is 0 Å². The number of esters is 1. The van der Waals surface area contributed by atoms with E-state index < -0.39 is 29.1 Å². The molecule has 1 amide bonds. The van der Waals surface area contributed by atoms with E-state index in [1.165, 1.54) is 0 Å². The van der Waals surface area contributed by atoms with E-state index >= 15 is 0 Å². The normalized spacial score (nSPS) is 23.3. The van der Waals surface area contributed by atoms with E-state index in [4.69, 9.17) is 4.74 Å². The number of hydrogen-bond donors (Lipinski definition) is 0. The molecule has 27 heavy (non-hydrogen) atoms. The number of carbonyl (C=O) groups excluding carboxylic acids is 2. The molecule has 138 valence electrons. The van der Waals surface area contributed by atoms with Crippen molar-refractivity contribution in [2.45, 2.75) is 32.3 Å². The van der Waals surface area contributed by atoms with Gasteiger partial charge in [0.05, 0.1) is 22.9 Å². The number of benzene rings is 1. The number of nitrogens with zero attached hydrogens (tertiary/aromatic N) is 3. The molecular formula is C20H19N3O3S. The molecule has 1 heterocycles. The Morgan fingerprint density at radius 3 is 2.48 bits per heavy atom. The lowest BCUT2D eigenvalue weighted by Gasteiger charge is -2.39. The third-order valence-electron chi connectivity index (χ3n) is 5.24. The first-order chi connectivity index (χ1) is 13.1. The Bertz CT molecular complexity index is 832. The molecule has 1 aliphatic heterocycles. The lowest BCUT2D eigenvalue weighted by Crippen LogP contribution is -2.45. The van der Waals surface area contributed by atoms with Crippen LogP contribution in [0, 0.1) is 39.9 Å². The number of rotatable bonds is 4. The first-order valence-corrected chi connectivity index (χ1v) is 9.83. The average Bonchev–Trinajstić information content (AvgIpc) is 3.15. The van der Waals surface area contributed by atoms with E-state index in [2.05, 4.69) is 17.1 Å². The molecular weight excluding hydrogens is 362 g/mol. The number of hydrogen-bond acceptors (Lipinski definition) is 6. The van der Waals surface area contributed by atoms with Crippen LogP contribution < -0.4 is 0 Å². The van der Waals surface area contributed by atoms with Gasteiger partial charge in [0.25, 0.3) is 5.91 Å². The van der Waals surface area contributed by atoms with E-state index in [0.717, 1.165) is 30.2 Å². The second kappa shape index (κ2) is 8.37. The first kappa shape index (κ1) is 19.1. The van der Waals surface area contributed by atoms with E-state index in [1.54, 1.807) is 0 Å². The van der Waals surface area contributed by atoms with E-state index in [9.17, 15) is 20.1 Å². The van der Waals surface area contributed by atoms with Gasteiger partial charge in [0.1, 0.15) is 18.4 Å². The van der Waals surface area contributed by atoms with Crippen molar-refractivity contribution in [1.82, 2.24) is 0 Å². The van der Waals surface area contributed by atoms with Crippen molar-refractivity contribution in [1.29, 1.82) is 10.5 Å². The second-order valence-corrected chi connectivity index (χ2v) is 7.78. The van der Waals surface area contributed by atoms with Crippen LogP contribution in [0.1, 0.15) is 31.2 Å². The molecule has 1 aromatic rings. The maximum Gasteiger partial charge on any atom is 0.316 e. The highest BCUT2D eigenvalue weighted by Gasteiger charge is 2.55. The molecule has 1 saturated carbocycles. The van der Waals surface area contributed by atoms with Crippen LogP contribution in [0.4, 0.5) is 0 Å². The van der Waals surface area contributed by atoms with Gasteiger partial charge in [-0.2, -0.15) is 10.5 Å². The van der Waals surface area contributed by atoms with E-state index in [-0.39, 0.29) is 12.4 Å². The van der Waals surface area contributed by atoms with Gasteiger partial charge >= 0.3 is 5.97 Å². The van der Waals surface area contributed by atoms with Crippen molar-refractivity contribution in [3.05, 3.63) is 35.9 Å². The van der Waals surface area contributed by atoms with Crippen LogP contribution in [0.2, 0.25) is 0 Å². The summed E-state index contributed by atoms with van der Waals surface area (Å²) in [7, 11) is 0. The van der Waals surface area contributed by atoms with Gasteiger partial charge in [-0.1, -0.05) is 54.9 Å². The number of aliphatic imine (C=N–C) groups is 1. The Morgan fingerprint density at radius 2 is 1.85 bits per heavy atom. The predicted molar refractivity (Wildman–Crippen MR) is 100 cm³/mol. The molecule has 6 nitrogen and oxygen atoms in total. The molecule has 0 N–H and O–H groups in total. The Kier molecular flexibility index (Phi) is 5.93. The second-order valence-electron chi connectivity index (χ2n) is 6.79. The predicted octanol–water partition coefficient (Wildman–Crippen LogP) is 3.24. The van der Waals surface area contributed by atoms with Crippen molar-refractivity contribution in [3.63, 3.8) is 0 Å². The number of thioether (sulfide) groups is 1. The number of amides is 1. The molecule has 0 aromatic heterocycles. The summed E-state index contributed by atoms with van der Waals surface area (Å²) in [4.78, 5) is 28.4. The molecule has 0 saturated heterocycles. The smallest absolute Gasteiger partial charge is 0.316 e. The summed E-state index contributed by atoms with van der Waals surface area (Å²) in [6.45, 7) is 0.174. The Hall–Kier alpha value is -2.64. The highest BCUT2D eigenvalue weighted by Crippen LogP contribution is 2.53. The number of nitriles is 2. The van der Waals surface area contributed by atoms with E-state index in [0.29, 0.717) is 17.9 Å². The summed E-state index contributed by atoms with van der Waals surface area (Å²) in [6.07, 6.45) is 3.10. The summed E-state index contributed by atoms with van der Waals surface area (Å²) >= 11 is 1.07. The van der Waals surface area contributed by atoms with Crippen molar-refractivity contribution in [2.24, 2.45) is 22.2 Å². The lowest BCUT2D eigenvalue weighted by atomic mass is 9.64. The fraction of sp³-hybridized carbons (Fsp3) is 0.450. The molecule has 2 aliphatic rings. The molecule has 1 aromatic carbocycles. The lowest BCUT2D eigenvalue weighted by molar-refractivity contribution is -0.141. The van der Waals surface area contributed by atoms with Crippen LogP contribution >= 0.6 is 11.8 Å². The average molecular weight is 381 g/mol. The van der Waals surface area contributed by atoms with Crippen LogP contribution in [-0.2, 0) is 20.9 Å². The molecule has 2 atom stereocenters. The Balaban J connectivity index is 1.67. The van der Waals surface area contributed by atoms with Crippen LogP contribution in [0.3, 0.4) is 0 Å². The van der Waals surface area contributed by atoms with Gasteiger partial charge in [0.15, 0.2) is 0 Å². The summed E-state index contributed by atoms with van der Waals surface area (Å²) in [6, 6.07) is 13.7. The standard InChI is InChI=1S/C20H19N3O3S/c21-10-15-18(25)23-19(16(11-22)20(15)8-4-5-9-20)27-13-17(24)26-12-14-6-2-1-3-7-14/h1-3,6-7,15-16H,4-5,8-9,12-13H2. The zero-order valence-electron chi connectivity index (χ0n) is 14.8. The number of ether oxygens (including phenoxy) is 1. The van der Waals surface area contributed by atoms with Crippen LogP contribution in [0.25, 0.3) is 0 Å². The van der Waals surface area contributed by atoms with E-state index in [1.807, 2.05) is 30.3 Å². The fourth-order valence-corrected chi connectivity index (χ4v) is 4.86. The Morgan fingerprint density at radius 1 is 1.19 bits per heavy atom. The summed E-state index contributed by atoms with van der Waals surface area (Å²) in [5.41, 5.74) is 0.219. The minimum absolute atomic E-state index is 0.0234. The molecule has 7 heteroatoms. The minimum atomic E-state index is -0.876. The van der Waals surface area contributed by atoms with Crippen molar-refractivity contribution in [2.75, 3.05) is 5.75 Å².